The highest BCUT2D eigenvalue weighted by molar-refractivity contribution is 6.32. The van der Waals surface area contributed by atoms with Crippen LogP contribution in [0.5, 0.6) is 11.5 Å². The van der Waals surface area contributed by atoms with E-state index in [1.165, 1.54) is 25.3 Å². The summed E-state index contributed by atoms with van der Waals surface area (Å²) >= 11 is 6.02. The molecule has 0 bridgehead atoms. The second-order valence-corrected chi connectivity index (χ2v) is 5.44. The standard InChI is InChI=1S/C16H14ClNO6/c1-9(15(19)18-7-11-3-2-4-21-11)24-16(20)10-5-12(17)14-13(6-10)22-8-23-14/h2-6,9H,7-8H2,1H3,(H,18,19)/t9-/m1/s1. The summed E-state index contributed by atoms with van der Waals surface area (Å²) in [4.78, 5) is 24.1. The van der Waals surface area contributed by atoms with Gasteiger partial charge in [0, 0.05) is 0 Å². The van der Waals surface area contributed by atoms with Crippen LogP contribution in [-0.4, -0.2) is 24.8 Å². The largest absolute Gasteiger partial charge is 0.467 e. The summed E-state index contributed by atoms with van der Waals surface area (Å²) in [7, 11) is 0. The normalized spacial score (nSPS) is 13.4. The van der Waals surface area contributed by atoms with Crippen LogP contribution >= 0.6 is 11.6 Å². The van der Waals surface area contributed by atoms with Gasteiger partial charge in [0.15, 0.2) is 17.6 Å². The lowest BCUT2D eigenvalue weighted by molar-refractivity contribution is -0.129. The molecule has 0 unspecified atom stereocenters. The monoisotopic (exact) mass is 351 g/mol. The van der Waals surface area contributed by atoms with Gasteiger partial charge in [-0.2, -0.15) is 0 Å². The Morgan fingerprint density at radius 3 is 2.96 bits per heavy atom. The average Bonchev–Trinajstić information content (AvgIpc) is 3.23. The first kappa shape index (κ1) is 16.2. The van der Waals surface area contributed by atoms with Crippen molar-refractivity contribution in [2.75, 3.05) is 6.79 Å². The molecular weight excluding hydrogens is 338 g/mol. The van der Waals surface area contributed by atoms with Gasteiger partial charge in [-0.25, -0.2) is 4.79 Å². The van der Waals surface area contributed by atoms with Crippen LogP contribution in [0.2, 0.25) is 5.02 Å². The smallest absolute Gasteiger partial charge is 0.339 e. The fraction of sp³-hybridized carbons (Fsp3) is 0.250. The third-order valence-corrected chi connectivity index (χ3v) is 3.61. The van der Waals surface area contributed by atoms with E-state index in [1.54, 1.807) is 12.1 Å². The SMILES string of the molecule is C[C@@H](OC(=O)c1cc(Cl)c2c(c1)OCO2)C(=O)NCc1ccco1. The minimum Gasteiger partial charge on any atom is -0.467 e. The zero-order valence-corrected chi connectivity index (χ0v) is 13.5. The number of esters is 1. The van der Waals surface area contributed by atoms with Gasteiger partial charge in [0.25, 0.3) is 5.91 Å². The number of furan rings is 1. The van der Waals surface area contributed by atoms with Crippen molar-refractivity contribution in [2.45, 2.75) is 19.6 Å². The Morgan fingerprint density at radius 1 is 1.38 bits per heavy atom. The summed E-state index contributed by atoms with van der Waals surface area (Å²) in [5.74, 6) is 0.230. The van der Waals surface area contributed by atoms with Gasteiger partial charge < -0.3 is 23.9 Å². The number of halogens is 1. The number of fused-ring (bicyclic) bond motifs is 1. The molecule has 126 valence electrons. The predicted octanol–water partition coefficient (Wildman–Crippen LogP) is 2.52. The summed E-state index contributed by atoms with van der Waals surface area (Å²) in [5.41, 5.74) is 0.176. The molecule has 0 saturated heterocycles. The van der Waals surface area contributed by atoms with Crippen molar-refractivity contribution < 1.29 is 28.2 Å². The van der Waals surface area contributed by atoms with E-state index in [2.05, 4.69) is 5.32 Å². The van der Waals surface area contributed by atoms with Crippen LogP contribution in [0.25, 0.3) is 0 Å². The molecule has 0 aliphatic carbocycles. The molecule has 1 atom stereocenters. The fourth-order valence-corrected chi connectivity index (χ4v) is 2.36. The van der Waals surface area contributed by atoms with Crippen molar-refractivity contribution in [3.8, 4) is 11.5 Å². The van der Waals surface area contributed by atoms with Crippen LogP contribution in [0.4, 0.5) is 0 Å². The number of carbonyl (C=O) groups is 2. The minimum atomic E-state index is -0.975. The van der Waals surface area contributed by atoms with E-state index < -0.39 is 18.0 Å². The van der Waals surface area contributed by atoms with Crippen molar-refractivity contribution in [1.29, 1.82) is 0 Å². The highest BCUT2D eigenvalue weighted by Gasteiger charge is 2.24. The lowest BCUT2D eigenvalue weighted by atomic mass is 10.2. The molecule has 0 spiro atoms. The molecule has 1 aliphatic rings. The van der Waals surface area contributed by atoms with Crippen molar-refractivity contribution in [2.24, 2.45) is 0 Å². The maximum atomic E-state index is 12.2. The summed E-state index contributed by atoms with van der Waals surface area (Å²) in [6.45, 7) is 1.73. The third-order valence-electron chi connectivity index (χ3n) is 3.33. The quantitative estimate of drug-likeness (QED) is 0.833. The highest BCUT2D eigenvalue weighted by Crippen LogP contribution is 2.39. The topological polar surface area (TPSA) is 87.0 Å². The van der Waals surface area contributed by atoms with Crippen molar-refractivity contribution in [1.82, 2.24) is 5.32 Å². The zero-order chi connectivity index (χ0) is 17.1. The summed E-state index contributed by atoms with van der Waals surface area (Å²) in [6, 6.07) is 6.31. The van der Waals surface area contributed by atoms with E-state index in [-0.39, 0.29) is 23.9 Å². The Kier molecular flexibility index (Phi) is 4.61. The lowest BCUT2D eigenvalue weighted by Crippen LogP contribution is -2.35. The van der Waals surface area contributed by atoms with Gasteiger partial charge in [0.2, 0.25) is 6.79 Å². The molecular formula is C16H14ClNO6. The Labute approximate surface area is 142 Å². The van der Waals surface area contributed by atoms with Gasteiger partial charge in [-0.1, -0.05) is 11.6 Å². The van der Waals surface area contributed by atoms with E-state index in [9.17, 15) is 9.59 Å². The summed E-state index contributed by atoms with van der Waals surface area (Å²) in [6.07, 6.45) is 0.533. The maximum Gasteiger partial charge on any atom is 0.339 e. The predicted molar refractivity (Wildman–Crippen MR) is 83.0 cm³/mol. The van der Waals surface area contributed by atoms with E-state index in [4.69, 9.17) is 30.2 Å². The first-order valence-corrected chi connectivity index (χ1v) is 7.52. The van der Waals surface area contributed by atoms with E-state index in [0.717, 1.165) is 0 Å². The van der Waals surface area contributed by atoms with Gasteiger partial charge in [0.05, 0.1) is 23.4 Å². The number of hydrogen-bond donors (Lipinski definition) is 1. The minimum absolute atomic E-state index is 0.0408. The van der Waals surface area contributed by atoms with Gasteiger partial charge in [0.1, 0.15) is 5.76 Å². The van der Waals surface area contributed by atoms with Crippen molar-refractivity contribution in [3.63, 3.8) is 0 Å². The molecule has 1 aromatic heterocycles. The first-order valence-electron chi connectivity index (χ1n) is 7.15. The van der Waals surface area contributed by atoms with Crippen LogP contribution in [0.1, 0.15) is 23.0 Å². The third kappa shape index (κ3) is 3.46. The Balaban J connectivity index is 1.59. The number of rotatable bonds is 5. The Morgan fingerprint density at radius 2 is 2.21 bits per heavy atom. The van der Waals surface area contributed by atoms with Crippen LogP contribution in [0, 0.1) is 0 Å². The lowest BCUT2D eigenvalue weighted by Gasteiger charge is -2.13. The second-order valence-electron chi connectivity index (χ2n) is 5.04. The van der Waals surface area contributed by atoms with Gasteiger partial charge in [-0.05, 0) is 31.2 Å². The van der Waals surface area contributed by atoms with Crippen LogP contribution in [0.15, 0.2) is 34.9 Å². The molecule has 0 saturated carbocycles. The highest BCUT2D eigenvalue weighted by atomic mass is 35.5. The number of amides is 1. The molecule has 2 aromatic rings. The van der Waals surface area contributed by atoms with Gasteiger partial charge in [-0.3, -0.25) is 4.79 Å². The van der Waals surface area contributed by atoms with Crippen LogP contribution in [0.3, 0.4) is 0 Å². The number of carbonyl (C=O) groups excluding carboxylic acids is 2. The molecule has 2 heterocycles. The number of nitrogens with one attached hydrogen (secondary N) is 1. The molecule has 1 aliphatic heterocycles. The molecule has 0 fully saturated rings. The molecule has 3 rings (SSSR count). The molecule has 1 N–H and O–H groups in total. The molecule has 1 amide bonds. The number of hydrogen-bond acceptors (Lipinski definition) is 6. The van der Waals surface area contributed by atoms with E-state index >= 15 is 0 Å². The Hall–Kier alpha value is -2.67. The van der Waals surface area contributed by atoms with E-state index in [1.807, 2.05) is 0 Å². The van der Waals surface area contributed by atoms with Gasteiger partial charge >= 0.3 is 5.97 Å². The average molecular weight is 352 g/mol. The number of ether oxygens (including phenoxy) is 3. The van der Waals surface area contributed by atoms with Crippen molar-refractivity contribution >= 4 is 23.5 Å². The number of benzene rings is 1. The van der Waals surface area contributed by atoms with Crippen LogP contribution < -0.4 is 14.8 Å². The summed E-state index contributed by atoms with van der Waals surface area (Å²) < 4.78 is 20.6. The maximum absolute atomic E-state index is 12.2. The Bertz CT molecular complexity index is 758. The fourth-order valence-electron chi connectivity index (χ4n) is 2.10. The molecule has 24 heavy (non-hydrogen) atoms. The molecule has 7 nitrogen and oxygen atoms in total. The molecule has 0 radical (unpaired) electrons. The second kappa shape index (κ2) is 6.84. The molecule has 8 heteroatoms. The summed E-state index contributed by atoms with van der Waals surface area (Å²) in [5, 5.41) is 2.86. The first-order chi connectivity index (χ1) is 11.5. The van der Waals surface area contributed by atoms with E-state index in [0.29, 0.717) is 17.3 Å². The zero-order valence-electron chi connectivity index (χ0n) is 12.7. The van der Waals surface area contributed by atoms with Crippen LogP contribution in [-0.2, 0) is 16.1 Å². The van der Waals surface area contributed by atoms with Gasteiger partial charge in [-0.15, -0.1) is 0 Å². The molecule has 1 aromatic carbocycles. The van der Waals surface area contributed by atoms with Crippen molar-refractivity contribution in [3.05, 3.63) is 46.9 Å².